The molecule has 0 atom stereocenters. The number of benzene rings is 2. The Morgan fingerprint density at radius 1 is 1.17 bits per heavy atom. The summed E-state index contributed by atoms with van der Waals surface area (Å²) in [6.45, 7) is 2.38. The van der Waals surface area contributed by atoms with Gasteiger partial charge in [0.2, 0.25) is 0 Å². The molecule has 0 fully saturated rings. The normalized spacial score (nSPS) is 10.1. The molecule has 0 saturated heterocycles. The van der Waals surface area contributed by atoms with Gasteiger partial charge in [0.05, 0.1) is 0 Å². The number of hydrogen-bond acceptors (Lipinski definition) is 2. The van der Waals surface area contributed by atoms with Crippen molar-refractivity contribution in [1.82, 2.24) is 5.32 Å². The van der Waals surface area contributed by atoms with Crippen LogP contribution < -0.4 is 5.32 Å². The second-order valence-corrected chi connectivity index (χ2v) is 4.22. The van der Waals surface area contributed by atoms with Gasteiger partial charge in [0.1, 0.15) is 5.75 Å². The van der Waals surface area contributed by atoms with Gasteiger partial charge in [-0.05, 0) is 36.8 Å². The number of nitrogens with one attached hydrogen (secondary N) is 1. The fourth-order valence-corrected chi connectivity index (χ4v) is 1.66. The number of rotatable bonds is 3. The first-order chi connectivity index (χ1) is 8.65. The van der Waals surface area contributed by atoms with Crippen LogP contribution in [0.2, 0.25) is 0 Å². The predicted octanol–water partition coefficient (Wildman–Crippen LogP) is 2.63. The third-order valence-electron chi connectivity index (χ3n) is 2.68. The second kappa shape index (κ2) is 5.36. The SMILES string of the molecule is Cc1ccc(C(=O)NCc2cccc(O)c2)cc1. The van der Waals surface area contributed by atoms with Gasteiger partial charge in [-0.1, -0.05) is 29.8 Å². The summed E-state index contributed by atoms with van der Waals surface area (Å²) in [6.07, 6.45) is 0. The van der Waals surface area contributed by atoms with Crippen LogP contribution in [0.3, 0.4) is 0 Å². The van der Waals surface area contributed by atoms with Crippen molar-refractivity contribution in [3.8, 4) is 5.75 Å². The lowest BCUT2D eigenvalue weighted by molar-refractivity contribution is 0.0951. The molecular formula is C15H15NO2. The van der Waals surface area contributed by atoms with E-state index < -0.39 is 0 Å². The van der Waals surface area contributed by atoms with Crippen LogP contribution in [0, 0.1) is 6.92 Å². The van der Waals surface area contributed by atoms with Crippen molar-refractivity contribution in [2.75, 3.05) is 0 Å². The van der Waals surface area contributed by atoms with Crippen molar-refractivity contribution < 1.29 is 9.90 Å². The summed E-state index contributed by atoms with van der Waals surface area (Å²) in [5.74, 6) is 0.0930. The van der Waals surface area contributed by atoms with Gasteiger partial charge in [-0.2, -0.15) is 0 Å². The Labute approximate surface area is 106 Å². The summed E-state index contributed by atoms with van der Waals surface area (Å²) < 4.78 is 0. The highest BCUT2D eigenvalue weighted by Crippen LogP contribution is 2.10. The molecule has 0 bridgehead atoms. The zero-order valence-corrected chi connectivity index (χ0v) is 10.2. The standard InChI is InChI=1S/C15H15NO2/c1-11-5-7-13(8-6-11)15(18)16-10-12-3-2-4-14(17)9-12/h2-9,17H,10H2,1H3,(H,16,18). The van der Waals surface area contributed by atoms with E-state index >= 15 is 0 Å². The zero-order chi connectivity index (χ0) is 13.0. The Morgan fingerprint density at radius 2 is 1.89 bits per heavy atom. The molecule has 0 aliphatic carbocycles. The van der Waals surface area contributed by atoms with Crippen LogP contribution in [0.1, 0.15) is 21.5 Å². The maximum atomic E-state index is 11.8. The molecular weight excluding hydrogens is 226 g/mol. The number of phenolic OH excluding ortho intramolecular Hbond substituents is 1. The van der Waals surface area contributed by atoms with Crippen molar-refractivity contribution in [2.24, 2.45) is 0 Å². The Kier molecular flexibility index (Phi) is 3.63. The minimum absolute atomic E-state index is 0.113. The Morgan fingerprint density at radius 3 is 2.56 bits per heavy atom. The third-order valence-corrected chi connectivity index (χ3v) is 2.68. The third kappa shape index (κ3) is 3.10. The Bertz CT molecular complexity index is 547. The first kappa shape index (κ1) is 12.2. The maximum absolute atomic E-state index is 11.8. The molecule has 0 heterocycles. The summed E-state index contributed by atoms with van der Waals surface area (Å²) in [6, 6.07) is 14.3. The lowest BCUT2D eigenvalue weighted by Crippen LogP contribution is -2.22. The first-order valence-corrected chi connectivity index (χ1v) is 5.78. The molecule has 92 valence electrons. The van der Waals surface area contributed by atoms with Crippen LogP contribution >= 0.6 is 0 Å². The van der Waals surface area contributed by atoms with Gasteiger partial charge < -0.3 is 10.4 Å². The van der Waals surface area contributed by atoms with Crippen molar-refractivity contribution in [3.05, 3.63) is 65.2 Å². The van der Waals surface area contributed by atoms with Gasteiger partial charge in [0.25, 0.3) is 5.91 Å². The van der Waals surface area contributed by atoms with Crippen molar-refractivity contribution >= 4 is 5.91 Å². The highest BCUT2D eigenvalue weighted by Gasteiger charge is 2.04. The number of aryl methyl sites for hydroxylation is 1. The molecule has 3 nitrogen and oxygen atoms in total. The van der Waals surface area contributed by atoms with Crippen molar-refractivity contribution in [3.63, 3.8) is 0 Å². The molecule has 1 amide bonds. The van der Waals surface area contributed by atoms with Crippen LogP contribution in [0.5, 0.6) is 5.75 Å². The van der Waals surface area contributed by atoms with Gasteiger partial charge in [-0.15, -0.1) is 0 Å². The topological polar surface area (TPSA) is 49.3 Å². The lowest BCUT2D eigenvalue weighted by Gasteiger charge is -2.06. The highest BCUT2D eigenvalue weighted by atomic mass is 16.3. The van der Waals surface area contributed by atoms with E-state index in [9.17, 15) is 9.90 Å². The largest absolute Gasteiger partial charge is 0.508 e. The average molecular weight is 241 g/mol. The molecule has 3 heteroatoms. The maximum Gasteiger partial charge on any atom is 0.251 e. The van der Waals surface area contributed by atoms with Gasteiger partial charge in [0, 0.05) is 12.1 Å². The molecule has 0 unspecified atom stereocenters. The number of amides is 1. The summed E-state index contributed by atoms with van der Waals surface area (Å²) >= 11 is 0. The lowest BCUT2D eigenvalue weighted by atomic mass is 10.1. The minimum atomic E-state index is -0.113. The van der Waals surface area contributed by atoms with Crippen LogP contribution in [0.15, 0.2) is 48.5 Å². The first-order valence-electron chi connectivity index (χ1n) is 5.78. The van der Waals surface area contributed by atoms with Crippen molar-refractivity contribution in [2.45, 2.75) is 13.5 Å². The molecule has 18 heavy (non-hydrogen) atoms. The molecule has 0 aliphatic rings. The van der Waals surface area contributed by atoms with E-state index in [-0.39, 0.29) is 11.7 Å². The number of hydrogen-bond donors (Lipinski definition) is 2. The van der Waals surface area contributed by atoms with E-state index in [0.717, 1.165) is 11.1 Å². The number of phenols is 1. The molecule has 2 aromatic carbocycles. The molecule has 2 rings (SSSR count). The van der Waals surface area contributed by atoms with Crippen LogP contribution in [-0.2, 0) is 6.54 Å². The molecule has 2 aromatic rings. The Hall–Kier alpha value is -2.29. The monoisotopic (exact) mass is 241 g/mol. The van der Waals surface area contributed by atoms with Crippen LogP contribution in [0.4, 0.5) is 0 Å². The van der Waals surface area contributed by atoms with E-state index in [4.69, 9.17) is 0 Å². The van der Waals surface area contributed by atoms with Gasteiger partial charge in [0.15, 0.2) is 0 Å². The molecule has 2 N–H and O–H groups in total. The van der Waals surface area contributed by atoms with E-state index in [1.54, 1.807) is 30.3 Å². The molecule has 0 aromatic heterocycles. The zero-order valence-electron chi connectivity index (χ0n) is 10.2. The number of aromatic hydroxyl groups is 1. The minimum Gasteiger partial charge on any atom is -0.508 e. The molecule has 0 saturated carbocycles. The van der Waals surface area contributed by atoms with Crippen molar-refractivity contribution in [1.29, 1.82) is 0 Å². The summed E-state index contributed by atoms with van der Waals surface area (Å²) in [7, 11) is 0. The fraction of sp³-hybridized carbons (Fsp3) is 0.133. The van der Waals surface area contributed by atoms with Gasteiger partial charge in [-0.25, -0.2) is 0 Å². The van der Waals surface area contributed by atoms with Crippen LogP contribution in [0.25, 0.3) is 0 Å². The number of carbonyl (C=O) groups is 1. The molecule has 0 radical (unpaired) electrons. The number of carbonyl (C=O) groups excluding carboxylic acids is 1. The summed E-state index contributed by atoms with van der Waals surface area (Å²) in [5, 5.41) is 12.1. The average Bonchev–Trinajstić information content (AvgIpc) is 2.37. The van der Waals surface area contributed by atoms with E-state index in [0.29, 0.717) is 12.1 Å². The quantitative estimate of drug-likeness (QED) is 0.867. The molecule has 0 spiro atoms. The predicted molar refractivity (Wildman–Crippen MR) is 70.5 cm³/mol. The van der Waals surface area contributed by atoms with Crippen LogP contribution in [-0.4, -0.2) is 11.0 Å². The van der Waals surface area contributed by atoms with Gasteiger partial charge >= 0.3 is 0 Å². The second-order valence-electron chi connectivity index (χ2n) is 4.22. The Balaban J connectivity index is 1.98. The van der Waals surface area contributed by atoms with E-state index in [1.165, 1.54) is 0 Å². The van der Waals surface area contributed by atoms with E-state index in [1.807, 2.05) is 25.1 Å². The van der Waals surface area contributed by atoms with Gasteiger partial charge in [-0.3, -0.25) is 4.79 Å². The fourth-order valence-electron chi connectivity index (χ4n) is 1.66. The molecule has 0 aliphatic heterocycles. The highest BCUT2D eigenvalue weighted by molar-refractivity contribution is 5.94. The summed E-state index contributed by atoms with van der Waals surface area (Å²) in [5.41, 5.74) is 2.63. The van der Waals surface area contributed by atoms with E-state index in [2.05, 4.69) is 5.32 Å². The smallest absolute Gasteiger partial charge is 0.251 e. The summed E-state index contributed by atoms with van der Waals surface area (Å²) in [4.78, 5) is 11.8.